The summed E-state index contributed by atoms with van der Waals surface area (Å²) in [5.74, 6) is 0.833. The van der Waals surface area contributed by atoms with Gasteiger partial charge in [-0.15, -0.1) is 0 Å². The zero-order valence-electron chi connectivity index (χ0n) is 11.8. The Morgan fingerprint density at radius 3 is 2.65 bits per heavy atom. The van der Waals surface area contributed by atoms with Crippen molar-refractivity contribution in [1.29, 1.82) is 0 Å². The van der Waals surface area contributed by atoms with Crippen molar-refractivity contribution in [1.82, 2.24) is 4.72 Å². The number of methoxy groups -OCH3 is 1. The number of benzene rings is 1. The van der Waals surface area contributed by atoms with E-state index in [0.29, 0.717) is 23.9 Å². The smallest absolute Gasteiger partial charge is 0.240 e. The highest BCUT2D eigenvalue weighted by Gasteiger charge is 2.19. The molecule has 0 saturated heterocycles. The molecule has 112 valence electrons. The number of nitrogens with one attached hydrogen (secondary N) is 1. The van der Waals surface area contributed by atoms with Crippen LogP contribution in [0.2, 0.25) is 0 Å². The predicted octanol–water partition coefficient (Wildman–Crippen LogP) is 2.14. The lowest BCUT2D eigenvalue weighted by Gasteiger charge is -2.21. The maximum absolute atomic E-state index is 12.2. The molecular weight excluding hydrogens is 276 g/mol. The molecule has 1 aliphatic rings. The second-order valence-electron chi connectivity index (χ2n) is 5.26. The minimum atomic E-state index is -3.49. The van der Waals surface area contributed by atoms with Gasteiger partial charge in [-0.2, -0.15) is 0 Å². The summed E-state index contributed by atoms with van der Waals surface area (Å²) in [5, 5.41) is 0. The average molecular weight is 298 g/mol. The van der Waals surface area contributed by atoms with Crippen LogP contribution >= 0.6 is 0 Å². The summed E-state index contributed by atoms with van der Waals surface area (Å²) < 4.78 is 32.2. The Hall–Kier alpha value is -1.27. The Balaban J connectivity index is 2.05. The van der Waals surface area contributed by atoms with Crippen LogP contribution in [-0.4, -0.2) is 22.1 Å². The van der Waals surface area contributed by atoms with Crippen LogP contribution in [0.1, 0.15) is 32.1 Å². The van der Waals surface area contributed by atoms with Crippen molar-refractivity contribution in [2.24, 2.45) is 5.92 Å². The van der Waals surface area contributed by atoms with Gasteiger partial charge in [0.1, 0.15) is 5.75 Å². The highest BCUT2D eigenvalue weighted by molar-refractivity contribution is 7.89. The van der Waals surface area contributed by atoms with Crippen molar-refractivity contribution in [3.63, 3.8) is 0 Å². The average Bonchev–Trinajstić information content (AvgIpc) is 2.46. The number of hydrogen-bond donors (Lipinski definition) is 2. The summed E-state index contributed by atoms with van der Waals surface area (Å²) >= 11 is 0. The van der Waals surface area contributed by atoms with E-state index in [-0.39, 0.29) is 4.90 Å². The molecule has 6 heteroatoms. The first-order valence-electron chi connectivity index (χ1n) is 6.96. The molecule has 0 bridgehead atoms. The third-order valence-electron chi connectivity index (χ3n) is 3.80. The van der Waals surface area contributed by atoms with Crippen molar-refractivity contribution >= 4 is 15.7 Å². The van der Waals surface area contributed by atoms with Gasteiger partial charge in [0.15, 0.2) is 0 Å². The second-order valence-corrected chi connectivity index (χ2v) is 7.03. The van der Waals surface area contributed by atoms with E-state index >= 15 is 0 Å². The lowest BCUT2D eigenvalue weighted by atomic mass is 9.90. The van der Waals surface area contributed by atoms with Gasteiger partial charge in [-0.05, 0) is 30.9 Å². The van der Waals surface area contributed by atoms with Gasteiger partial charge in [-0.25, -0.2) is 13.1 Å². The van der Waals surface area contributed by atoms with Crippen LogP contribution in [0.4, 0.5) is 5.69 Å². The molecule has 20 heavy (non-hydrogen) atoms. The fourth-order valence-corrected chi connectivity index (χ4v) is 3.69. The molecular formula is C14H22N2O3S. The van der Waals surface area contributed by atoms with Crippen LogP contribution < -0.4 is 15.2 Å². The molecule has 1 aromatic carbocycles. The minimum absolute atomic E-state index is 0.194. The maximum atomic E-state index is 12.2. The Kier molecular flexibility index (Phi) is 4.88. The largest absolute Gasteiger partial charge is 0.495 e. The summed E-state index contributed by atoms with van der Waals surface area (Å²) in [4.78, 5) is 0.194. The molecule has 1 aromatic rings. The number of nitrogen functional groups attached to an aromatic ring is 1. The number of hydrogen-bond acceptors (Lipinski definition) is 4. The normalized spacial score (nSPS) is 17.1. The van der Waals surface area contributed by atoms with E-state index in [0.717, 1.165) is 12.8 Å². The summed E-state index contributed by atoms with van der Waals surface area (Å²) in [6, 6.07) is 4.51. The summed E-state index contributed by atoms with van der Waals surface area (Å²) in [6.07, 6.45) is 5.86. The van der Waals surface area contributed by atoms with Gasteiger partial charge in [0.05, 0.1) is 17.7 Å². The van der Waals surface area contributed by atoms with Crippen molar-refractivity contribution in [2.75, 3.05) is 19.4 Å². The number of anilines is 1. The van der Waals surface area contributed by atoms with E-state index in [1.807, 2.05) is 0 Å². The van der Waals surface area contributed by atoms with Crippen LogP contribution in [0.3, 0.4) is 0 Å². The van der Waals surface area contributed by atoms with Crippen LogP contribution in [0, 0.1) is 5.92 Å². The predicted molar refractivity (Wildman–Crippen MR) is 79.2 cm³/mol. The van der Waals surface area contributed by atoms with E-state index in [4.69, 9.17) is 10.5 Å². The first kappa shape index (κ1) is 15.1. The van der Waals surface area contributed by atoms with Crippen LogP contribution in [-0.2, 0) is 10.0 Å². The van der Waals surface area contributed by atoms with Gasteiger partial charge in [-0.3, -0.25) is 0 Å². The Labute approximate surface area is 120 Å². The minimum Gasteiger partial charge on any atom is -0.495 e. The van der Waals surface area contributed by atoms with Gasteiger partial charge in [-0.1, -0.05) is 19.3 Å². The van der Waals surface area contributed by atoms with Crippen LogP contribution in [0.25, 0.3) is 0 Å². The molecule has 0 heterocycles. The lowest BCUT2D eigenvalue weighted by molar-refractivity contribution is 0.357. The molecule has 0 amide bonds. The van der Waals surface area contributed by atoms with E-state index in [2.05, 4.69) is 4.72 Å². The number of ether oxygens (including phenoxy) is 1. The van der Waals surface area contributed by atoms with E-state index in [1.54, 1.807) is 6.07 Å². The molecule has 0 atom stereocenters. The molecule has 0 aliphatic heterocycles. The zero-order chi connectivity index (χ0) is 14.6. The molecule has 0 aromatic heterocycles. The second kappa shape index (κ2) is 6.45. The van der Waals surface area contributed by atoms with Gasteiger partial charge in [0, 0.05) is 12.6 Å². The molecule has 0 radical (unpaired) electrons. The molecule has 1 saturated carbocycles. The topological polar surface area (TPSA) is 81.4 Å². The molecule has 1 fully saturated rings. The van der Waals surface area contributed by atoms with Crippen molar-refractivity contribution in [2.45, 2.75) is 37.0 Å². The number of sulfonamides is 1. The fraction of sp³-hybridized carbons (Fsp3) is 0.571. The van der Waals surface area contributed by atoms with Crippen molar-refractivity contribution < 1.29 is 13.2 Å². The Morgan fingerprint density at radius 2 is 2.00 bits per heavy atom. The number of nitrogens with two attached hydrogens (primary N) is 1. The fourth-order valence-electron chi connectivity index (χ4n) is 2.56. The highest BCUT2D eigenvalue weighted by atomic mass is 32.2. The summed E-state index contributed by atoms with van der Waals surface area (Å²) in [5.41, 5.74) is 6.12. The summed E-state index contributed by atoms with van der Waals surface area (Å²) in [6.45, 7) is 0.509. The van der Waals surface area contributed by atoms with E-state index in [1.165, 1.54) is 38.5 Å². The van der Waals surface area contributed by atoms with Crippen molar-refractivity contribution in [3.8, 4) is 5.75 Å². The Bertz CT molecular complexity index is 552. The summed E-state index contributed by atoms with van der Waals surface area (Å²) in [7, 11) is -2.02. The SMILES string of the molecule is COc1cc(S(=O)(=O)NCC2CCCCC2)ccc1N. The van der Waals surface area contributed by atoms with Gasteiger partial charge >= 0.3 is 0 Å². The van der Waals surface area contributed by atoms with Crippen LogP contribution in [0.15, 0.2) is 23.1 Å². The molecule has 0 spiro atoms. The monoisotopic (exact) mass is 298 g/mol. The number of rotatable bonds is 5. The lowest BCUT2D eigenvalue weighted by Crippen LogP contribution is -2.30. The maximum Gasteiger partial charge on any atom is 0.240 e. The molecule has 3 N–H and O–H groups in total. The molecule has 5 nitrogen and oxygen atoms in total. The quantitative estimate of drug-likeness (QED) is 0.816. The standard InChI is InChI=1S/C14H22N2O3S/c1-19-14-9-12(7-8-13(14)15)20(17,18)16-10-11-5-3-2-4-6-11/h7-9,11,16H,2-6,10,15H2,1H3. The van der Waals surface area contributed by atoms with E-state index in [9.17, 15) is 8.42 Å². The third-order valence-corrected chi connectivity index (χ3v) is 5.22. The van der Waals surface area contributed by atoms with Crippen molar-refractivity contribution in [3.05, 3.63) is 18.2 Å². The van der Waals surface area contributed by atoms with Gasteiger partial charge in [0.2, 0.25) is 10.0 Å². The zero-order valence-corrected chi connectivity index (χ0v) is 12.6. The molecule has 1 aliphatic carbocycles. The van der Waals surface area contributed by atoms with Gasteiger partial charge < -0.3 is 10.5 Å². The Morgan fingerprint density at radius 1 is 1.30 bits per heavy atom. The van der Waals surface area contributed by atoms with E-state index < -0.39 is 10.0 Å². The third kappa shape index (κ3) is 3.64. The first-order valence-corrected chi connectivity index (χ1v) is 8.44. The first-order chi connectivity index (χ1) is 9.53. The highest BCUT2D eigenvalue weighted by Crippen LogP contribution is 2.26. The van der Waals surface area contributed by atoms with Crippen LogP contribution in [0.5, 0.6) is 5.75 Å². The molecule has 2 rings (SSSR count). The van der Waals surface area contributed by atoms with Gasteiger partial charge in [0.25, 0.3) is 0 Å². The molecule has 0 unspecified atom stereocenters.